The third kappa shape index (κ3) is 3.33. The predicted molar refractivity (Wildman–Crippen MR) is 135 cm³/mol. The second-order valence-electron chi connectivity index (χ2n) is 9.94. The van der Waals surface area contributed by atoms with Crippen molar-refractivity contribution in [3.8, 4) is 22.1 Å². The fraction of sp³-hybridized carbons (Fsp3) is 0.370. The van der Waals surface area contributed by atoms with Crippen LogP contribution in [0.5, 0.6) is 0 Å². The van der Waals surface area contributed by atoms with Crippen molar-refractivity contribution < 1.29 is 0 Å². The van der Waals surface area contributed by atoms with Crippen LogP contribution in [0.3, 0.4) is 0 Å². The molecule has 0 amide bonds. The highest BCUT2D eigenvalue weighted by Crippen LogP contribution is 2.49. The van der Waals surface area contributed by atoms with Gasteiger partial charge in [0.25, 0.3) is 0 Å². The van der Waals surface area contributed by atoms with E-state index in [-0.39, 0.29) is 0 Å². The molecule has 3 saturated carbocycles. The zero-order chi connectivity index (χ0) is 22.6. The van der Waals surface area contributed by atoms with Gasteiger partial charge in [-0.3, -0.25) is 0 Å². The van der Waals surface area contributed by atoms with Crippen molar-refractivity contribution in [2.45, 2.75) is 39.0 Å². The van der Waals surface area contributed by atoms with Gasteiger partial charge < -0.3 is 4.98 Å². The Balaban J connectivity index is 1.35. The van der Waals surface area contributed by atoms with Crippen LogP contribution in [-0.2, 0) is 6.42 Å². The normalized spacial score (nSPS) is 24.3. The lowest BCUT2D eigenvalue weighted by molar-refractivity contribution is 0.0339. The first-order chi connectivity index (χ1) is 16.7. The minimum Gasteiger partial charge on any atom is -0.345 e. The standard InChI is InChI=1S/C27H26N6S/c1-15-16-6-8-17(9-7-16)19(15)10-18-11-23(27-33-22-4-2-3-5-24(22)34-27)32-26(31-18)21-13-29-25-20(21)12-28-14-30-25/h2-5,11-17,19H,6-10H2,1H3,(H,28,29,30). The van der Waals surface area contributed by atoms with Crippen molar-refractivity contribution in [3.63, 3.8) is 0 Å². The summed E-state index contributed by atoms with van der Waals surface area (Å²) in [5.74, 6) is 3.89. The van der Waals surface area contributed by atoms with Crippen molar-refractivity contribution in [2.75, 3.05) is 0 Å². The van der Waals surface area contributed by atoms with E-state index in [1.807, 2.05) is 18.5 Å². The second kappa shape index (κ2) is 7.94. The van der Waals surface area contributed by atoms with Crippen molar-refractivity contribution in [1.29, 1.82) is 0 Å². The molecule has 8 rings (SSSR count). The van der Waals surface area contributed by atoms with Gasteiger partial charge in [0.15, 0.2) is 5.82 Å². The maximum absolute atomic E-state index is 5.11. The molecule has 5 aromatic rings. The average Bonchev–Trinajstić information content (AvgIpc) is 3.51. The molecule has 4 aromatic heterocycles. The first-order valence-electron chi connectivity index (χ1n) is 12.2. The number of nitrogens with one attached hydrogen (secondary N) is 1. The topological polar surface area (TPSA) is 80.2 Å². The van der Waals surface area contributed by atoms with E-state index in [9.17, 15) is 0 Å². The number of hydrogen-bond acceptors (Lipinski definition) is 6. The van der Waals surface area contributed by atoms with E-state index >= 15 is 0 Å². The number of benzene rings is 1. The quantitative estimate of drug-likeness (QED) is 0.336. The van der Waals surface area contributed by atoms with Crippen LogP contribution in [0.1, 0.15) is 38.3 Å². The van der Waals surface area contributed by atoms with Crippen molar-refractivity contribution >= 4 is 32.6 Å². The van der Waals surface area contributed by atoms with E-state index in [0.717, 1.165) is 68.5 Å². The minimum atomic E-state index is 0.699. The largest absolute Gasteiger partial charge is 0.345 e. The Labute approximate surface area is 201 Å². The van der Waals surface area contributed by atoms with E-state index in [2.05, 4.69) is 46.1 Å². The molecule has 2 unspecified atom stereocenters. The number of fused-ring (bicyclic) bond motifs is 5. The van der Waals surface area contributed by atoms with Gasteiger partial charge in [0.2, 0.25) is 0 Å². The van der Waals surface area contributed by atoms with E-state index < -0.39 is 0 Å². The Morgan fingerprint density at radius 1 is 1.03 bits per heavy atom. The van der Waals surface area contributed by atoms with Crippen LogP contribution in [-0.4, -0.2) is 29.9 Å². The zero-order valence-electron chi connectivity index (χ0n) is 19.1. The summed E-state index contributed by atoms with van der Waals surface area (Å²) in [7, 11) is 0. The number of aromatic nitrogens is 6. The summed E-state index contributed by atoms with van der Waals surface area (Å²) >= 11 is 1.69. The maximum atomic E-state index is 5.11. The first kappa shape index (κ1) is 20.2. The summed E-state index contributed by atoms with van der Waals surface area (Å²) < 4.78 is 1.18. The Bertz CT molecular complexity index is 1460. The van der Waals surface area contributed by atoms with Gasteiger partial charge in [0.1, 0.15) is 22.7 Å². The lowest BCUT2D eigenvalue weighted by Crippen LogP contribution is -2.39. The monoisotopic (exact) mass is 466 g/mol. The second-order valence-corrected chi connectivity index (χ2v) is 11.0. The lowest BCUT2D eigenvalue weighted by atomic mass is 9.58. The van der Waals surface area contributed by atoms with Gasteiger partial charge in [-0.15, -0.1) is 11.3 Å². The smallest absolute Gasteiger partial charge is 0.162 e. The first-order valence-corrected chi connectivity index (χ1v) is 13.1. The number of hydrogen-bond donors (Lipinski definition) is 1. The summed E-state index contributed by atoms with van der Waals surface area (Å²) in [5, 5.41) is 1.89. The van der Waals surface area contributed by atoms with E-state index in [1.165, 1.54) is 30.4 Å². The highest BCUT2D eigenvalue weighted by Gasteiger charge is 2.41. The number of aromatic amines is 1. The molecule has 1 aromatic carbocycles. The number of rotatable bonds is 4. The van der Waals surface area contributed by atoms with Crippen LogP contribution in [0.2, 0.25) is 0 Å². The predicted octanol–water partition coefficient (Wildman–Crippen LogP) is 6.31. The molecule has 6 nitrogen and oxygen atoms in total. The highest BCUT2D eigenvalue weighted by atomic mass is 32.1. The third-order valence-electron chi connectivity index (χ3n) is 8.17. The van der Waals surface area contributed by atoms with Gasteiger partial charge in [0.05, 0.1) is 10.2 Å². The molecule has 0 radical (unpaired) electrons. The molecule has 0 aliphatic heterocycles. The molecule has 170 valence electrons. The zero-order valence-corrected chi connectivity index (χ0v) is 19.9. The van der Waals surface area contributed by atoms with Gasteiger partial charge in [-0.1, -0.05) is 19.1 Å². The van der Waals surface area contributed by atoms with Crippen LogP contribution in [0, 0.1) is 23.7 Å². The molecule has 3 aliphatic carbocycles. The van der Waals surface area contributed by atoms with E-state index in [1.54, 1.807) is 17.7 Å². The molecule has 1 N–H and O–H groups in total. The number of para-hydroxylation sites is 1. The molecular formula is C27H26N6S. The molecule has 34 heavy (non-hydrogen) atoms. The molecular weight excluding hydrogens is 440 g/mol. The highest BCUT2D eigenvalue weighted by molar-refractivity contribution is 7.21. The number of thiazole rings is 1. The Morgan fingerprint density at radius 3 is 2.74 bits per heavy atom. The van der Waals surface area contributed by atoms with Gasteiger partial charge in [-0.25, -0.2) is 24.9 Å². The van der Waals surface area contributed by atoms with Crippen LogP contribution >= 0.6 is 11.3 Å². The van der Waals surface area contributed by atoms with Gasteiger partial charge in [-0.05, 0) is 74.0 Å². The summed E-state index contributed by atoms with van der Waals surface area (Å²) in [6.45, 7) is 2.47. The third-order valence-corrected chi connectivity index (χ3v) is 9.23. The van der Waals surface area contributed by atoms with Crippen LogP contribution in [0.15, 0.2) is 49.1 Å². The average molecular weight is 467 g/mol. The van der Waals surface area contributed by atoms with Gasteiger partial charge >= 0.3 is 0 Å². The van der Waals surface area contributed by atoms with Crippen molar-refractivity contribution in [1.82, 2.24) is 29.9 Å². The molecule has 0 saturated heterocycles. The summed E-state index contributed by atoms with van der Waals surface area (Å²) in [6.07, 6.45) is 11.9. The Kier molecular flexibility index (Phi) is 4.72. The molecule has 2 atom stereocenters. The van der Waals surface area contributed by atoms with E-state index in [0.29, 0.717) is 5.92 Å². The van der Waals surface area contributed by atoms with Crippen LogP contribution in [0.25, 0.3) is 43.3 Å². The van der Waals surface area contributed by atoms with Crippen LogP contribution in [0.4, 0.5) is 0 Å². The maximum Gasteiger partial charge on any atom is 0.162 e. The minimum absolute atomic E-state index is 0.699. The summed E-state index contributed by atoms with van der Waals surface area (Å²) in [4.78, 5) is 26.9. The van der Waals surface area contributed by atoms with E-state index in [4.69, 9.17) is 15.0 Å². The Morgan fingerprint density at radius 2 is 1.88 bits per heavy atom. The fourth-order valence-corrected chi connectivity index (χ4v) is 7.26. The van der Waals surface area contributed by atoms with Crippen LogP contribution < -0.4 is 0 Å². The molecule has 3 aliphatic rings. The fourth-order valence-electron chi connectivity index (χ4n) is 6.33. The summed E-state index contributed by atoms with van der Waals surface area (Å²) in [5.41, 5.74) is 4.79. The van der Waals surface area contributed by atoms with Crippen molar-refractivity contribution in [3.05, 3.63) is 54.7 Å². The summed E-state index contributed by atoms with van der Waals surface area (Å²) in [6, 6.07) is 10.5. The lowest BCUT2D eigenvalue weighted by Gasteiger charge is -2.47. The SMILES string of the molecule is CC1C2CCC(CC2)C1Cc1cc(-c2nc3ccccc3s2)nc(-c2c[nH]c3ncncc23)n1. The molecule has 0 spiro atoms. The van der Waals surface area contributed by atoms with Gasteiger partial charge in [-0.2, -0.15) is 0 Å². The number of H-pyrrole nitrogens is 1. The molecule has 7 heteroatoms. The molecule has 4 heterocycles. The Hall–Kier alpha value is -3.19. The molecule has 3 fully saturated rings. The van der Waals surface area contributed by atoms with Crippen molar-refractivity contribution in [2.24, 2.45) is 23.7 Å². The number of nitrogens with zero attached hydrogens (tertiary/aromatic N) is 5. The van der Waals surface area contributed by atoms with Gasteiger partial charge in [0, 0.05) is 29.0 Å². The molecule has 2 bridgehead atoms.